The lowest BCUT2D eigenvalue weighted by Gasteiger charge is -2.43. The van der Waals surface area contributed by atoms with Crippen molar-refractivity contribution in [3.63, 3.8) is 0 Å². The molecular weight excluding hydrogens is 448 g/mol. The van der Waals surface area contributed by atoms with Gasteiger partial charge in [0.2, 0.25) is 5.89 Å². The van der Waals surface area contributed by atoms with Gasteiger partial charge in [-0.2, -0.15) is 0 Å². The van der Waals surface area contributed by atoms with E-state index in [1.165, 1.54) is 0 Å². The molecule has 3 aromatic heterocycles. The van der Waals surface area contributed by atoms with Crippen LogP contribution in [0.15, 0.2) is 70.2 Å². The topological polar surface area (TPSA) is 97.9 Å². The number of carbonyl (C=O) groups is 1. The Kier molecular flexibility index (Phi) is 5.33. The van der Waals surface area contributed by atoms with Crippen LogP contribution in [0.2, 0.25) is 0 Å². The highest BCUT2D eigenvalue weighted by atomic mass is 32.2. The number of anilines is 1. The van der Waals surface area contributed by atoms with E-state index < -0.39 is 0 Å². The molecule has 5 heterocycles. The maximum absolute atomic E-state index is 12.7. The van der Waals surface area contributed by atoms with Crippen LogP contribution in [0.4, 0.5) is 5.82 Å². The summed E-state index contributed by atoms with van der Waals surface area (Å²) in [6.07, 6.45) is 6.50. The molecular formula is C25H22N6O2S. The highest BCUT2D eigenvalue weighted by molar-refractivity contribution is 8.01. The Bertz CT molecular complexity index is 1320. The molecule has 0 saturated carbocycles. The van der Waals surface area contributed by atoms with Gasteiger partial charge in [-0.25, -0.2) is 0 Å². The number of pyridine rings is 1. The first-order valence-corrected chi connectivity index (χ1v) is 12.1. The van der Waals surface area contributed by atoms with E-state index in [9.17, 15) is 4.79 Å². The number of benzene rings is 1. The number of hydrogen-bond acceptors (Lipinski definition) is 9. The van der Waals surface area contributed by atoms with E-state index in [2.05, 4.69) is 36.3 Å². The average Bonchev–Trinajstić information content (AvgIpc) is 3.34. The molecule has 0 aliphatic carbocycles. The summed E-state index contributed by atoms with van der Waals surface area (Å²) in [6, 6.07) is 15.6. The van der Waals surface area contributed by atoms with Gasteiger partial charge < -0.3 is 9.32 Å². The van der Waals surface area contributed by atoms with Gasteiger partial charge in [-0.1, -0.05) is 24.3 Å². The molecule has 0 radical (unpaired) electrons. The molecule has 4 aromatic rings. The van der Waals surface area contributed by atoms with Crippen LogP contribution in [0.25, 0.3) is 11.6 Å². The van der Waals surface area contributed by atoms with E-state index in [0.29, 0.717) is 30.3 Å². The molecule has 8 nitrogen and oxygen atoms in total. The van der Waals surface area contributed by atoms with E-state index in [4.69, 9.17) is 4.42 Å². The largest absolute Gasteiger partial charge is 0.419 e. The highest BCUT2D eigenvalue weighted by Crippen LogP contribution is 2.49. The molecule has 34 heavy (non-hydrogen) atoms. The van der Waals surface area contributed by atoms with Gasteiger partial charge in [0.15, 0.2) is 11.6 Å². The summed E-state index contributed by atoms with van der Waals surface area (Å²) >= 11 is 1.87. The van der Waals surface area contributed by atoms with E-state index in [-0.39, 0.29) is 10.5 Å². The summed E-state index contributed by atoms with van der Waals surface area (Å²) in [5.41, 5.74) is 2.42. The second-order valence-electron chi connectivity index (χ2n) is 8.68. The molecule has 1 saturated heterocycles. The first kappa shape index (κ1) is 21.0. The van der Waals surface area contributed by atoms with Gasteiger partial charge in [0.1, 0.15) is 5.69 Å². The normalized spacial score (nSPS) is 17.1. The van der Waals surface area contributed by atoms with Crippen LogP contribution in [0, 0.1) is 0 Å². The Hall–Kier alpha value is -3.59. The third-order valence-electron chi connectivity index (χ3n) is 6.41. The zero-order valence-electron chi connectivity index (χ0n) is 18.4. The van der Waals surface area contributed by atoms with Gasteiger partial charge in [0.25, 0.3) is 5.89 Å². The molecule has 170 valence electrons. The predicted molar refractivity (Wildman–Crippen MR) is 128 cm³/mol. The van der Waals surface area contributed by atoms with Crippen LogP contribution in [-0.4, -0.2) is 49.0 Å². The summed E-state index contributed by atoms with van der Waals surface area (Å²) in [5.74, 6) is 1.94. The smallest absolute Gasteiger partial charge is 0.268 e. The first-order valence-electron chi connectivity index (χ1n) is 11.3. The fourth-order valence-corrected chi connectivity index (χ4v) is 6.07. The summed E-state index contributed by atoms with van der Waals surface area (Å²) in [7, 11) is 0. The fraction of sp³-hybridized carbons (Fsp3) is 0.280. The highest BCUT2D eigenvalue weighted by Gasteiger charge is 2.42. The lowest BCUT2D eigenvalue weighted by Crippen LogP contribution is -2.45. The zero-order chi connectivity index (χ0) is 23.0. The maximum Gasteiger partial charge on any atom is 0.268 e. The van der Waals surface area contributed by atoms with Gasteiger partial charge in [0, 0.05) is 47.1 Å². The van der Waals surface area contributed by atoms with E-state index in [1.807, 2.05) is 54.2 Å². The van der Waals surface area contributed by atoms with Crippen molar-refractivity contribution in [3.8, 4) is 11.6 Å². The summed E-state index contributed by atoms with van der Waals surface area (Å²) in [6.45, 7) is 1.68. The minimum Gasteiger partial charge on any atom is -0.419 e. The Morgan fingerprint density at radius 1 is 0.971 bits per heavy atom. The van der Waals surface area contributed by atoms with Crippen molar-refractivity contribution >= 4 is 23.4 Å². The summed E-state index contributed by atoms with van der Waals surface area (Å²) in [5, 5.41) is 17.0. The molecule has 9 heteroatoms. The number of hydrogen-bond donors (Lipinski definition) is 0. The van der Waals surface area contributed by atoms with Crippen molar-refractivity contribution in [2.75, 3.05) is 18.0 Å². The van der Waals surface area contributed by atoms with Gasteiger partial charge in [-0.05, 0) is 42.7 Å². The number of piperidine rings is 1. The van der Waals surface area contributed by atoms with Crippen molar-refractivity contribution in [1.29, 1.82) is 0 Å². The number of aromatic nitrogens is 5. The standard InChI is InChI=1S/C25H22N6O2S/c32-20-15-25(34-21-6-2-1-5-18(20)21)9-12-31(13-10-25)22-8-7-19(27-28-22)24-30-29-23(33-24)14-17-4-3-11-26-16-17/h1-8,11,16H,9-10,12-15H2. The molecule has 0 atom stereocenters. The van der Waals surface area contributed by atoms with Crippen LogP contribution in [-0.2, 0) is 6.42 Å². The van der Waals surface area contributed by atoms with E-state index in [1.54, 1.807) is 12.4 Å². The molecule has 0 bridgehead atoms. The number of ketones is 1. The first-order chi connectivity index (χ1) is 16.7. The summed E-state index contributed by atoms with van der Waals surface area (Å²) in [4.78, 5) is 20.2. The molecule has 2 aliphatic heterocycles. The minimum absolute atomic E-state index is 0.0241. The Balaban J connectivity index is 1.11. The Morgan fingerprint density at radius 2 is 1.85 bits per heavy atom. The minimum atomic E-state index is -0.0241. The predicted octanol–water partition coefficient (Wildman–Crippen LogP) is 4.23. The fourth-order valence-electron chi connectivity index (χ4n) is 4.58. The van der Waals surface area contributed by atoms with Crippen molar-refractivity contribution in [2.45, 2.75) is 35.3 Å². The van der Waals surface area contributed by atoms with Crippen molar-refractivity contribution in [3.05, 3.63) is 77.9 Å². The molecule has 0 N–H and O–H groups in total. The monoisotopic (exact) mass is 470 g/mol. The molecule has 0 unspecified atom stereocenters. The summed E-state index contributed by atoms with van der Waals surface area (Å²) < 4.78 is 5.75. The van der Waals surface area contributed by atoms with Gasteiger partial charge in [-0.3, -0.25) is 9.78 Å². The number of fused-ring (bicyclic) bond motifs is 1. The van der Waals surface area contributed by atoms with Crippen LogP contribution in [0.1, 0.15) is 41.1 Å². The number of carbonyl (C=O) groups excluding carboxylic acids is 1. The molecule has 1 aromatic carbocycles. The number of nitrogens with zero attached hydrogens (tertiary/aromatic N) is 6. The van der Waals surface area contributed by atoms with Crippen molar-refractivity contribution in [2.24, 2.45) is 0 Å². The molecule has 1 spiro atoms. The van der Waals surface area contributed by atoms with Crippen LogP contribution < -0.4 is 4.90 Å². The third kappa shape index (κ3) is 4.07. The molecule has 0 amide bonds. The second kappa shape index (κ2) is 8.64. The lowest BCUT2D eigenvalue weighted by molar-refractivity contribution is 0.0956. The number of Topliss-reactive ketones (excluding diaryl/α,β-unsaturated/α-hetero) is 1. The molecule has 1 fully saturated rings. The Labute approximate surface area is 200 Å². The number of thioether (sulfide) groups is 1. The van der Waals surface area contributed by atoms with Crippen LogP contribution >= 0.6 is 11.8 Å². The van der Waals surface area contributed by atoms with E-state index >= 15 is 0 Å². The molecule has 6 rings (SSSR count). The van der Waals surface area contributed by atoms with Crippen LogP contribution in [0.3, 0.4) is 0 Å². The number of rotatable bonds is 4. The zero-order valence-corrected chi connectivity index (χ0v) is 19.2. The van der Waals surface area contributed by atoms with Crippen LogP contribution in [0.5, 0.6) is 0 Å². The van der Waals surface area contributed by atoms with E-state index in [0.717, 1.165) is 47.8 Å². The van der Waals surface area contributed by atoms with Crippen molar-refractivity contribution in [1.82, 2.24) is 25.4 Å². The SMILES string of the molecule is O=C1CC2(CCN(c3ccc(-c4nnc(Cc5cccnc5)o4)nn3)CC2)Sc2ccccc21. The maximum atomic E-state index is 12.7. The van der Waals surface area contributed by atoms with Gasteiger partial charge in [0.05, 0.1) is 6.42 Å². The lowest BCUT2D eigenvalue weighted by atomic mass is 9.88. The Morgan fingerprint density at radius 3 is 2.65 bits per heavy atom. The average molecular weight is 471 g/mol. The van der Waals surface area contributed by atoms with Gasteiger partial charge in [-0.15, -0.1) is 32.2 Å². The third-order valence-corrected chi connectivity index (χ3v) is 7.97. The quantitative estimate of drug-likeness (QED) is 0.434. The second-order valence-corrected chi connectivity index (χ2v) is 10.2. The molecule has 2 aliphatic rings. The van der Waals surface area contributed by atoms with Gasteiger partial charge >= 0.3 is 0 Å². The van der Waals surface area contributed by atoms with Crippen molar-refractivity contribution < 1.29 is 9.21 Å².